The van der Waals surface area contributed by atoms with Crippen molar-refractivity contribution in [1.29, 1.82) is 0 Å². The van der Waals surface area contributed by atoms with Crippen LogP contribution in [0.15, 0.2) is 54.7 Å². The lowest BCUT2D eigenvalue weighted by atomic mass is 10.0. The Bertz CT molecular complexity index is 1000. The summed E-state index contributed by atoms with van der Waals surface area (Å²) in [6, 6.07) is 13.4. The summed E-state index contributed by atoms with van der Waals surface area (Å²) >= 11 is 0. The Morgan fingerprint density at radius 1 is 1.07 bits per heavy atom. The molecule has 0 aliphatic carbocycles. The quantitative estimate of drug-likeness (QED) is 0.624. The van der Waals surface area contributed by atoms with Gasteiger partial charge in [0.2, 0.25) is 0 Å². The molecule has 27 heavy (non-hydrogen) atoms. The number of pyridine rings is 1. The highest BCUT2D eigenvalue weighted by Gasteiger charge is 2.35. The van der Waals surface area contributed by atoms with Gasteiger partial charge in [0.25, 0.3) is 0 Å². The normalized spacial score (nSPS) is 14.6. The standard InChI is InChI=1S/C20H15F3N2O2/c21-20(22,23)16-8-4-7-14-17(16)24-11-15-18(14)25(9-10-27-19(15)26)12-13-5-2-1-3-6-13/h1-8,11H,9-10,12H2. The number of ether oxygens (including phenoxy) is 1. The highest BCUT2D eigenvalue weighted by Crippen LogP contribution is 2.39. The van der Waals surface area contributed by atoms with Crippen molar-refractivity contribution < 1.29 is 22.7 Å². The topological polar surface area (TPSA) is 42.4 Å². The third kappa shape index (κ3) is 3.20. The summed E-state index contributed by atoms with van der Waals surface area (Å²) in [6.07, 6.45) is -3.35. The summed E-state index contributed by atoms with van der Waals surface area (Å²) in [4.78, 5) is 18.1. The monoisotopic (exact) mass is 372 g/mol. The molecule has 4 rings (SSSR count). The first-order valence-corrected chi connectivity index (χ1v) is 8.40. The number of carbonyl (C=O) groups excluding carboxylic acids is 1. The van der Waals surface area contributed by atoms with E-state index < -0.39 is 17.7 Å². The number of benzene rings is 2. The molecule has 1 aromatic heterocycles. The lowest BCUT2D eigenvalue weighted by Gasteiger charge is -2.25. The Morgan fingerprint density at radius 2 is 1.85 bits per heavy atom. The zero-order valence-corrected chi connectivity index (χ0v) is 14.2. The molecule has 0 N–H and O–H groups in total. The second-order valence-corrected chi connectivity index (χ2v) is 6.26. The van der Waals surface area contributed by atoms with Crippen molar-refractivity contribution in [3.05, 3.63) is 71.4 Å². The fourth-order valence-electron chi connectivity index (χ4n) is 3.33. The van der Waals surface area contributed by atoms with Crippen molar-refractivity contribution >= 4 is 22.6 Å². The molecule has 0 unspecified atom stereocenters. The molecule has 0 radical (unpaired) electrons. The lowest BCUT2D eigenvalue weighted by Crippen LogP contribution is -2.26. The average Bonchev–Trinajstić information content (AvgIpc) is 2.80. The zero-order chi connectivity index (χ0) is 19.0. The largest absolute Gasteiger partial charge is 0.460 e. The second kappa shape index (κ2) is 6.57. The van der Waals surface area contributed by atoms with E-state index in [1.165, 1.54) is 12.3 Å². The molecule has 1 aliphatic heterocycles. The highest BCUT2D eigenvalue weighted by atomic mass is 19.4. The number of carbonyl (C=O) groups is 1. The number of esters is 1. The van der Waals surface area contributed by atoms with Crippen LogP contribution in [-0.2, 0) is 17.5 Å². The number of alkyl halides is 3. The summed E-state index contributed by atoms with van der Waals surface area (Å²) in [7, 11) is 0. The number of hydrogen-bond acceptors (Lipinski definition) is 4. The van der Waals surface area contributed by atoms with Gasteiger partial charge in [-0.3, -0.25) is 4.98 Å². The van der Waals surface area contributed by atoms with E-state index in [9.17, 15) is 18.0 Å². The Balaban J connectivity index is 1.93. The van der Waals surface area contributed by atoms with Crippen LogP contribution in [-0.4, -0.2) is 24.1 Å². The van der Waals surface area contributed by atoms with Crippen LogP contribution in [0.1, 0.15) is 21.5 Å². The predicted octanol–water partition coefficient (Wildman–Crippen LogP) is 4.43. The molecule has 0 spiro atoms. The van der Waals surface area contributed by atoms with Gasteiger partial charge in [0, 0.05) is 18.1 Å². The highest BCUT2D eigenvalue weighted by molar-refractivity contribution is 6.06. The molecule has 2 aromatic carbocycles. The third-order valence-electron chi connectivity index (χ3n) is 4.52. The fourth-order valence-corrected chi connectivity index (χ4v) is 3.33. The maximum absolute atomic E-state index is 13.4. The lowest BCUT2D eigenvalue weighted by molar-refractivity contribution is -0.136. The van der Waals surface area contributed by atoms with Gasteiger partial charge in [-0.1, -0.05) is 42.5 Å². The van der Waals surface area contributed by atoms with Gasteiger partial charge in [-0.2, -0.15) is 13.2 Å². The maximum atomic E-state index is 13.4. The number of rotatable bonds is 2. The van der Waals surface area contributed by atoms with Gasteiger partial charge >= 0.3 is 12.1 Å². The van der Waals surface area contributed by atoms with Crippen molar-refractivity contribution in [2.24, 2.45) is 0 Å². The number of cyclic esters (lactones) is 1. The molecule has 2 heterocycles. The van der Waals surface area contributed by atoms with Crippen LogP contribution >= 0.6 is 0 Å². The first-order valence-electron chi connectivity index (χ1n) is 8.40. The van der Waals surface area contributed by atoms with Gasteiger partial charge in [-0.25, -0.2) is 4.79 Å². The van der Waals surface area contributed by atoms with Crippen LogP contribution in [0, 0.1) is 0 Å². The van der Waals surface area contributed by atoms with E-state index in [0.717, 1.165) is 11.6 Å². The minimum atomic E-state index is -4.53. The number of hydrogen-bond donors (Lipinski definition) is 0. The Kier molecular flexibility index (Phi) is 4.22. The summed E-state index contributed by atoms with van der Waals surface area (Å²) in [5.74, 6) is -0.577. The molecule has 138 valence electrons. The molecule has 7 heteroatoms. The van der Waals surface area contributed by atoms with Crippen LogP contribution < -0.4 is 4.90 Å². The zero-order valence-electron chi connectivity index (χ0n) is 14.2. The molecule has 1 aliphatic rings. The van der Waals surface area contributed by atoms with Crippen LogP contribution in [0.4, 0.5) is 18.9 Å². The number of para-hydroxylation sites is 1. The molecular formula is C20H15F3N2O2. The SMILES string of the molecule is O=C1OCCN(Cc2ccccc2)c2c1cnc1c(C(F)(F)F)cccc21. The smallest absolute Gasteiger partial charge is 0.418 e. The molecule has 0 saturated carbocycles. The maximum Gasteiger partial charge on any atom is 0.418 e. The third-order valence-corrected chi connectivity index (χ3v) is 4.52. The van der Waals surface area contributed by atoms with Gasteiger partial charge < -0.3 is 9.64 Å². The minimum Gasteiger partial charge on any atom is -0.460 e. The Labute approximate surface area is 153 Å². The second-order valence-electron chi connectivity index (χ2n) is 6.26. The first kappa shape index (κ1) is 17.3. The van der Waals surface area contributed by atoms with Crippen LogP contribution in [0.25, 0.3) is 10.9 Å². The van der Waals surface area contributed by atoms with E-state index in [2.05, 4.69) is 4.98 Å². The van der Waals surface area contributed by atoms with Crippen molar-refractivity contribution in [2.75, 3.05) is 18.1 Å². The predicted molar refractivity (Wildman–Crippen MR) is 94.5 cm³/mol. The number of anilines is 1. The summed E-state index contributed by atoms with van der Waals surface area (Å²) < 4.78 is 45.4. The van der Waals surface area contributed by atoms with E-state index in [1.807, 2.05) is 35.2 Å². The number of halogens is 3. The number of fused-ring (bicyclic) bond motifs is 3. The molecule has 0 saturated heterocycles. The minimum absolute atomic E-state index is 0.154. The van der Waals surface area contributed by atoms with E-state index in [0.29, 0.717) is 18.8 Å². The molecular weight excluding hydrogens is 357 g/mol. The van der Waals surface area contributed by atoms with Crippen molar-refractivity contribution in [1.82, 2.24) is 4.98 Å². The van der Waals surface area contributed by atoms with Gasteiger partial charge in [0.15, 0.2) is 0 Å². The molecule has 0 amide bonds. The van der Waals surface area contributed by atoms with Gasteiger partial charge in [-0.05, 0) is 11.6 Å². The van der Waals surface area contributed by atoms with Crippen LogP contribution in [0.5, 0.6) is 0 Å². The Hall–Kier alpha value is -3.09. The fraction of sp³-hybridized carbons (Fsp3) is 0.200. The number of nitrogens with zero attached hydrogens (tertiary/aromatic N) is 2. The van der Waals surface area contributed by atoms with Gasteiger partial charge in [0.05, 0.1) is 23.3 Å². The summed E-state index contributed by atoms with van der Waals surface area (Å²) in [5, 5.41) is 0.289. The van der Waals surface area contributed by atoms with E-state index in [-0.39, 0.29) is 23.1 Å². The van der Waals surface area contributed by atoms with E-state index in [1.54, 1.807) is 6.07 Å². The van der Waals surface area contributed by atoms with Crippen LogP contribution in [0.2, 0.25) is 0 Å². The van der Waals surface area contributed by atoms with E-state index in [4.69, 9.17) is 4.74 Å². The van der Waals surface area contributed by atoms with Crippen molar-refractivity contribution in [2.45, 2.75) is 12.7 Å². The van der Waals surface area contributed by atoms with Gasteiger partial charge in [-0.15, -0.1) is 0 Å². The first-order chi connectivity index (χ1) is 12.9. The van der Waals surface area contributed by atoms with Crippen molar-refractivity contribution in [3.8, 4) is 0 Å². The summed E-state index contributed by atoms with van der Waals surface area (Å²) in [5.41, 5.74) is 0.596. The Morgan fingerprint density at radius 3 is 2.59 bits per heavy atom. The van der Waals surface area contributed by atoms with Crippen molar-refractivity contribution in [3.63, 3.8) is 0 Å². The van der Waals surface area contributed by atoms with E-state index >= 15 is 0 Å². The summed E-state index contributed by atoms with van der Waals surface area (Å²) in [6.45, 7) is 0.976. The molecule has 0 fully saturated rings. The molecule has 3 aromatic rings. The molecule has 0 bridgehead atoms. The van der Waals surface area contributed by atoms with Crippen LogP contribution in [0.3, 0.4) is 0 Å². The molecule has 4 nitrogen and oxygen atoms in total. The average molecular weight is 372 g/mol. The van der Waals surface area contributed by atoms with Gasteiger partial charge in [0.1, 0.15) is 12.2 Å². The number of aromatic nitrogens is 1. The molecule has 0 atom stereocenters.